The number of hydrogen-bond donors (Lipinski definition) is 0. The second-order valence-electron chi connectivity index (χ2n) is 11.5. The summed E-state index contributed by atoms with van der Waals surface area (Å²) in [5, 5.41) is 0. The Bertz CT molecular complexity index is 599. The third-order valence-corrected chi connectivity index (χ3v) is 8.01. The highest BCUT2D eigenvalue weighted by Gasteiger charge is 2.46. The van der Waals surface area contributed by atoms with Crippen LogP contribution in [0.1, 0.15) is 162 Å². The number of esters is 2. The lowest BCUT2D eigenvalue weighted by Gasteiger charge is -2.34. The van der Waals surface area contributed by atoms with Gasteiger partial charge < -0.3 is 9.47 Å². The number of carbonyl (C=O) groups is 2. The van der Waals surface area contributed by atoms with Gasteiger partial charge in [0.05, 0.1) is 24.5 Å². The Hall–Kier alpha value is -1.32. The quantitative estimate of drug-likeness (QED) is 0.0721. The minimum atomic E-state index is -0.911. The Morgan fingerprint density at radius 2 is 1.05 bits per heavy atom. The standard InChI is InChI=1S/C33H60O4/c1-4-6-8-10-12-14-16-18-20-24-28-36-31(34)30-26-22-23-27-33(30,3)32(35)37-29-25-21-19-17-15-13-11-9-7-5-2/h23,27,30H,4-22,24-26,28-29H2,1-3H3. The van der Waals surface area contributed by atoms with E-state index in [2.05, 4.69) is 13.8 Å². The minimum absolute atomic E-state index is 0.237. The van der Waals surface area contributed by atoms with Crippen LogP contribution in [0, 0.1) is 11.3 Å². The van der Waals surface area contributed by atoms with Crippen LogP contribution in [0.5, 0.6) is 0 Å². The van der Waals surface area contributed by atoms with E-state index in [-0.39, 0.29) is 11.9 Å². The van der Waals surface area contributed by atoms with Crippen molar-refractivity contribution in [3.63, 3.8) is 0 Å². The molecule has 4 nitrogen and oxygen atoms in total. The van der Waals surface area contributed by atoms with Crippen molar-refractivity contribution in [3.05, 3.63) is 12.2 Å². The van der Waals surface area contributed by atoms with E-state index in [0.717, 1.165) is 32.1 Å². The van der Waals surface area contributed by atoms with Crippen molar-refractivity contribution in [2.24, 2.45) is 11.3 Å². The van der Waals surface area contributed by atoms with E-state index in [1.54, 1.807) is 0 Å². The summed E-state index contributed by atoms with van der Waals surface area (Å²) in [7, 11) is 0. The summed E-state index contributed by atoms with van der Waals surface area (Å²) in [5.41, 5.74) is -0.911. The molecular formula is C33H60O4. The minimum Gasteiger partial charge on any atom is -0.465 e. The zero-order valence-corrected chi connectivity index (χ0v) is 24.8. The third-order valence-electron chi connectivity index (χ3n) is 8.01. The van der Waals surface area contributed by atoms with Gasteiger partial charge in [0.25, 0.3) is 0 Å². The van der Waals surface area contributed by atoms with E-state index >= 15 is 0 Å². The van der Waals surface area contributed by atoms with E-state index in [1.807, 2.05) is 19.1 Å². The molecule has 0 heterocycles. The molecule has 1 aliphatic carbocycles. The maximum atomic E-state index is 13.0. The molecule has 0 aromatic rings. The van der Waals surface area contributed by atoms with Crippen molar-refractivity contribution >= 4 is 11.9 Å². The topological polar surface area (TPSA) is 52.6 Å². The normalized spacial score (nSPS) is 19.2. The SMILES string of the molecule is CCCCCCCCCCCCOC(=O)C1CCC=CC1(C)C(=O)OCCCCCCCCCCCC. The fourth-order valence-corrected chi connectivity index (χ4v) is 5.35. The van der Waals surface area contributed by atoms with Crippen LogP contribution in [0.2, 0.25) is 0 Å². The van der Waals surface area contributed by atoms with Gasteiger partial charge in [-0.1, -0.05) is 142 Å². The lowest BCUT2D eigenvalue weighted by molar-refractivity contribution is -0.166. The van der Waals surface area contributed by atoms with Crippen LogP contribution in [-0.4, -0.2) is 25.2 Å². The first-order chi connectivity index (χ1) is 18.1. The van der Waals surface area contributed by atoms with Crippen LogP contribution >= 0.6 is 0 Å². The summed E-state index contributed by atoms with van der Waals surface area (Å²) >= 11 is 0. The van der Waals surface area contributed by atoms with Crippen molar-refractivity contribution in [2.45, 2.75) is 162 Å². The van der Waals surface area contributed by atoms with E-state index in [9.17, 15) is 9.59 Å². The Balaban J connectivity index is 2.18. The number of allylic oxidation sites excluding steroid dienone is 1. The Morgan fingerprint density at radius 3 is 1.51 bits per heavy atom. The molecule has 1 aliphatic rings. The molecule has 0 bridgehead atoms. The maximum absolute atomic E-state index is 13.0. The molecule has 0 aliphatic heterocycles. The maximum Gasteiger partial charge on any atom is 0.316 e. The number of carbonyl (C=O) groups excluding carboxylic acids is 2. The number of ether oxygens (including phenoxy) is 2. The van der Waals surface area contributed by atoms with Gasteiger partial charge in [-0.05, 0) is 32.6 Å². The molecule has 0 N–H and O–H groups in total. The van der Waals surface area contributed by atoms with Crippen LogP contribution in [0.15, 0.2) is 12.2 Å². The number of hydrogen-bond acceptors (Lipinski definition) is 4. The Labute approximate surface area is 229 Å². The van der Waals surface area contributed by atoms with Crippen LogP contribution in [0.4, 0.5) is 0 Å². The van der Waals surface area contributed by atoms with Crippen LogP contribution < -0.4 is 0 Å². The molecule has 0 fully saturated rings. The van der Waals surface area contributed by atoms with Gasteiger partial charge in [0, 0.05) is 0 Å². The van der Waals surface area contributed by atoms with Crippen LogP contribution in [-0.2, 0) is 19.1 Å². The largest absolute Gasteiger partial charge is 0.465 e. The number of rotatable bonds is 24. The molecule has 0 saturated heterocycles. The lowest BCUT2D eigenvalue weighted by Crippen LogP contribution is -2.42. The summed E-state index contributed by atoms with van der Waals surface area (Å²) in [6, 6.07) is 0. The highest BCUT2D eigenvalue weighted by molar-refractivity contribution is 5.87. The molecule has 2 atom stereocenters. The van der Waals surface area contributed by atoms with Crippen LogP contribution in [0.25, 0.3) is 0 Å². The van der Waals surface area contributed by atoms with Gasteiger partial charge in [0.15, 0.2) is 0 Å². The molecule has 0 aromatic heterocycles. The first-order valence-electron chi connectivity index (χ1n) is 16.1. The van der Waals surface area contributed by atoms with Crippen molar-refractivity contribution in [3.8, 4) is 0 Å². The molecule has 4 heteroatoms. The molecule has 2 unspecified atom stereocenters. The predicted octanol–water partition coefficient (Wildman–Crippen LogP) is 9.89. The van der Waals surface area contributed by atoms with E-state index < -0.39 is 11.3 Å². The zero-order valence-electron chi connectivity index (χ0n) is 24.8. The fraction of sp³-hybridized carbons (Fsp3) is 0.879. The number of unbranched alkanes of at least 4 members (excludes halogenated alkanes) is 18. The zero-order chi connectivity index (χ0) is 27.0. The van der Waals surface area contributed by atoms with Crippen molar-refractivity contribution < 1.29 is 19.1 Å². The second-order valence-corrected chi connectivity index (χ2v) is 11.5. The summed E-state index contributed by atoms with van der Waals surface area (Å²) in [5.74, 6) is -0.959. The fourth-order valence-electron chi connectivity index (χ4n) is 5.35. The molecule has 0 spiro atoms. The predicted molar refractivity (Wildman–Crippen MR) is 156 cm³/mol. The van der Waals surface area contributed by atoms with Crippen molar-refractivity contribution in [1.29, 1.82) is 0 Å². The second kappa shape index (κ2) is 22.6. The summed E-state index contributed by atoms with van der Waals surface area (Å²) in [4.78, 5) is 25.8. The van der Waals surface area contributed by atoms with E-state index in [4.69, 9.17) is 9.47 Å². The Morgan fingerprint density at radius 1 is 0.649 bits per heavy atom. The molecule has 0 radical (unpaired) electrons. The third kappa shape index (κ3) is 15.6. The highest BCUT2D eigenvalue weighted by atomic mass is 16.5. The summed E-state index contributed by atoms with van der Waals surface area (Å²) in [6.07, 6.45) is 30.4. The molecule has 1 rings (SSSR count). The molecule has 0 amide bonds. The molecule has 216 valence electrons. The first-order valence-corrected chi connectivity index (χ1v) is 16.1. The summed E-state index contributed by atoms with van der Waals surface area (Å²) < 4.78 is 11.3. The summed E-state index contributed by atoms with van der Waals surface area (Å²) in [6.45, 7) is 7.25. The van der Waals surface area contributed by atoms with Gasteiger partial charge in [-0.15, -0.1) is 0 Å². The first kappa shape index (κ1) is 33.7. The van der Waals surface area contributed by atoms with Gasteiger partial charge in [-0.25, -0.2) is 0 Å². The van der Waals surface area contributed by atoms with Crippen molar-refractivity contribution in [1.82, 2.24) is 0 Å². The Kier molecular flexibility index (Phi) is 20.6. The van der Waals surface area contributed by atoms with Crippen molar-refractivity contribution in [2.75, 3.05) is 13.2 Å². The molecular weight excluding hydrogens is 460 g/mol. The van der Waals surface area contributed by atoms with E-state index in [0.29, 0.717) is 19.6 Å². The smallest absolute Gasteiger partial charge is 0.316 e. The average molecular weight is 521 g/mol. The average Bonchev–Trinajstić information content (AvgIpc) is 2.90. The lowest BCUT2D eigenvalue weighted by atomic mass is 9.71. The van der Waals surface area contributed by atoms with Crippen LogP contribution in [0.3, 0.4) is 0 Å². The van der Waals surface area contributed by atoms with Gasteiger partial charge >= 0.3 is 11.9 Å². The molecule has 0 aromatic carbocycles. The van der Waals surface area contributed by atoms with Gasteiger partial charge in [0.1, 0.15) is 0 Å². The monoisotopic (exact) mass is 520 g/mol. The van der Waals surface area contributed by atoms with Gasteiger partial charge in [-0.3, -0.25) is 9.59 Å². The highest BCUT2D eigenvalue weighted by Crippen LogP contribution is 2.38. The van der Waals surface area contributed by atoms with E-state index in [1.165, 1.54) is 103 Å². The molecule has 37 heavy (non-hydrogen) atoms. The van der Waals surface area contributed by atoms with Gasteiger partial charge in [-0.2, -0.15) is 0 Å². The molecule has 0 saturated carbocycles. The van der Waals surface area contributed by atoms with Gasteiger partial charge in [0.2, 0.25) is 0 Å².